The number of halogens is 1. The van der Waals surface area contributed by atoms with Gasteiger partial charge in [-0.25, -0.2) is 0 Å². The third-order valence-corrected chi connectivity index (χ3v) is 4.73. The molecule has 0 fully saturated rings. The van der Waals surface area contributed by atoms with Gasteiger partial charge < -0.3 is 10.1 Å². The van der Waals surface area contributed by atoms with E-state index >= 15 is 0 Å². The Morgan fingerprint density at radius 3 is 2.54 bits per heavy atom. The van der Waals surface area contributed by atoms with Crippen molar-refractivity contribution in [3.05, 3.63) is 52.5 Å². The van der Waals surface area contributed by atoms with E-state index in [1.54, 1.807) is 12.1 Å². The Balaban J connectivity index is 1.79. The number of nitrogens with one attached hydrogen (secondary N) is 1. The largest absolute Gasteiger partial charge is 0.482 e. The second-order valence-corrected chi connectivity index (χ2v) is 8.17. The molecule has 1 heterocycles. The number of hydrogen-bond acceptors (Lipinski definition) is 3. The van der Waals surface area contributed by atoms with E-state index in [4.69, 9.17) is 4.74 Å². The van der Waals surface area contributed by atoms with Gasteiger partial charge in [-0.15, -0.1) is 0 Å². The summed E-state index contributed by atoms with van der Waals surface area (Å²) in [5.74, 6) is 0.147. The first kappa shape index (κ1) is 18.5. The summed E-state index contributed by atoms with van der Waals surface area (Å²) in [6.07, 6.45) is 0. The van der Waals surface area contributed by atoms with Crippen LogP contribution in [0.2, 0.25) is 0 Å². The highest BCUT2D eigenvalue weighted by molar-refractivity contribution is 9.10. The van der Waals surface area contributed by atoms with E-state index in [9.17, 15) is 9.59 Å². The molecule has 0 unspecified atom stereocenters. The molecule has 1 aliphatic rings. The zero-order valence-electron chi connectivity index (χ0n) is 15.0. The lowest BCUT2D eigenvalue weighted by Crippen LogP contribution is -2.43. The van der Waals surface area contributed by atoms with Gasteiger partial charge in [0.2, 0.25) is 5.91 Å². The van der Waals surface area contributed by atoms with Crippen molar-refractivity contribution in [3.63, 3.8) is 0 Å². The highest BCUT2D eigenvalue weighted by atomic mass is 79.9. The van der Waals surface area contributed by atoms with Crippen LogP contribution in [0.15, 0.2) is 46.9 Å². The molecule has 0 saturated heterocycles. The summed E-state index contributed by atoms with van der Waals surface area (Å²) in [7, 11) is 0. The average Bonchev–Trinajstić information content (AvgIpc) is 2.58. The van der Waals surface area contributed by atoms with E-state index < -0.39 is 0 Å². The number of carbonyl (C=O) groups is 2. The SMILES string of the molecule is CC(C)(C)c1ccc2c(c1)OCC(=O)N2CC(=O)Nc1ccc(Br)cc1. The van der Waals surface area contributed by atoms with Gasteiger partial charge in [0.05, 0.1) is 5.69 Å². The van der Waals surface area contributed by atoms with Crippen LogP contribution in [-0.4, -0.2) is 25.0 Å². The molecule has 1 N–H and O–H groups in total. The molecule has 1 aliphatic heterocycles. The minimum Gasteiger partial charge on any atom is -0.482 e. The molecule has 6 heteroatoms. The molecule has 0 spiro atoms. The van der Waals surface area contributed by atoms with Gasteiger partial charge in [0.1, 0.15) is 12.3 Å². The smallest absolute Gasteiger partial charge is 0.265 e. The quantitative estimate of drug-likeness (QED) is 0.818. The number of carbonyl (C=O) groups excluding carboxylic acids is 2. The van der Waals surface area contributed by atoms with Gasteiger partial charge in [-0.3, -0.25) is 14.5 Å². The number of anilines is 2. The van der Waals surface area contributed by atoms with Crippen molar-refractivity contribution in [3.8, 4) is 5.75 Å². The lowest BCUT2D eigenvalue weighted by atomic mass is 9.86. The van der Waals surface area contributed by atoms with Crippen LogP contribution < -0.4 is 15.0 Å². The normalized spacial score (nSPS) is 13.8. The molecular weight excluding hydrogens is 396 g/mol. The lowest BCUT2D eigenvalue weighted by molar-refractivity contribution is -0.123. The van der Waals surface area contributed by atoms with Crippen LogP contribution in [0.1, 0.15) is 26.3 Å². The van der Waals surface area contributed by atoms with Crippen LogP contribution in [0.3, 0.4) is 0 Å². The van der Waals surface area contributed by atoms with Crippen molar-refractivity contribution in [1.82, 2.24) is 0 Å². The number of amides is 2. The number of fused-ring (bicyclic) bond motifs is 1. The topological polar surface area (TPSA) is 58.6 Å². The molecule has 26 heavy (non-hydrogen) atoms. The second-order valence-electron chi connectivity index (χ2n) is 7.26. The summed E-state index contributed by atoms with van der Waals surface area (Å²) < 4.78 is 6.52. The molecule has 5 nitrogen and oxygen atoms in total. The fraction of sp³-hybridized carbons (Fsp3) is 0.300. The molecule has 0 atom stereocenters. The van der Waals surface area contributed by atoms with E-state index in [0.717, 1.165) is 10.0 Å². The Bertz CT molecular complexity index is 841. The zero-order chi connectivity index (χ0) is 18.9. The zero-order valence-corrected chi connectivity index (χ0v) is 16.6. The van der Waals surface area contributed by atoms with E-state index in [1.165, 1.54) is 4.90 Å². The first-order chi connectivity index (χ1) is 12.2. The summed E-state index contributed by atoms with van der Waals surface area (Å²) in [6.45, 7) is 6.23. The fourth-order valence-electron chi connectivity index (χ4n) is 2.72. The third-order valence-electron chi connectivity index (χ3n) is 4.20. The second kappa shape index (κ2) is 7.11. The van der Waals surface area contributed by atoms with Crippen molar-refractivity contribution in [2.24, 2.45) is 0 Å². The van der Waals surface area contributed by atoms with Crippen molar-refractivity contribution >= 4 is 39.1 Å². The van der Waals surface area contributed by atoms with Crippen molar-refractivity contribution < 1.29 is 14.3 Å². The summed E-state index contributed by atoms with van der Waals surface area (Å²) in [4.78, 5) is 26.1. The average molecular weight is 417 g/mol. The minimum absolute atomic E-state index is 0.0242. The Hall–Kier alpha value is -2.34. The summed E-state index contributed by atoms with van der Waals surface area (Å²) in [6, 6.07) is 13.1. The van der Waals surface area contributed by atoms with Crippen LogP contribution in [0.5, 0.6) is 5.75 Å². The predicted octanol–water partition coefficient (Wildman–Crippen LogP) is 4.11. The van der Waals surface area contributed by atoms with Crippen LogP contribution in [0.4, 0.5) is 11.4 Å². The molecule has 2 amide bonds. The molecule has 0 radical (unpaired) electrons. The van der Waals surface area contributed by atoms with Crippen LogP contribution in [-0.2, 0) is 15.0 Å². The van der Waals surface area contributed by atoms with Gasteiger partial charge in [-0.05, 0) is 47.4 Å². The van der Waals surface area contributed by atoms with Crippen LogP contribution in [0, 0.1) is 0 Å². The Kier molecular flexibility index (Phi) is 5.05. The number of benzene rings is 2. The minimum atomic E-state index is -0.256. The van der Waals surface area contributed by atoms with E-state index in [-0.39, 0.29) is 30.4 Å². The molecule has 0 saturated carbocycles. The summed E-state index contributed by atoms with van der Waals surface area (Å²) >= 11 is 3.36. The highest BCUT2D eigenvalue weighted by Crippen LogP contribution is 2.36. The first-order valence-corrected chi connectivity index (χ1v) is 9.16. The van der Waals surface area contributed by atoms with Crippen molar-refractivity contribution in [2.75, 3.05) is 23.4 Å². The van der Waals surface area contributed by atoms with Crippen molar-refractivity contribution in [1.29, 1.82) is 0 Å². The standard InChI is InChI=1S/C20H21BrN2O3/c1-20(2,3)13-4-9-16-17(10-13)26-12-19(25)23(16)11-18(24)22-15-7-5-14(21)6-8-15/h4-10H,11-12H2,1-3H3,(H,22,24). The molecule has 2 aromatic carbocycles. The van der Waals surface area contributed by atoms with Crippen LogP contribution in [0.25, 0.3) is 0 Å². The number of rotatable bonds is 3. The lowest BCUT2D eigenvalue weighted by Gasteiger charge is -2.30. The Labute approximate surface area is 161 Å². The van der Waals surface area contributed by atoms with E-state index in [0.29, 0.717) is 17.1 Å². The molecular formula is C20H21BrN2O3. The third kappa shape index (κ3) is 4.07. The Morgan fingerprint density at radius 1 is 1.19 bits per heavy atom. The summed E-state index contributed by atoms with van der Waals surface area (Å²) in [5, 5.41) is 2.81. The number of hydrogen-bond donors (Lipinski definition) is 1. The van der Waals surface area contributed by atoms with Crippen LogP contribution >= 0.6 is 15.9 Å². The molecule has 0 aliphatic carbocycles. The van der Waals surface area contributed by atoms with Gasteiger partial charge in [-0.2, -0.15) is 0 Å². The maximum absolute atomic E-state index is 12.4. The number of nitrogens with zero attached hydrogens (tertiary/aromatic N) is 1. The monoisotopic (exact) mass is 416 g/mol. The maximum atomic E-state index is 12.4. The molecule has 0 bridgehead atoms. The van der Waals surface area contributed by atoms with Gasteiger partial charge >= 0.3 is 0 Å². The predicted molar refractivity (Wildman–Crippen MR) is 106 cm³/mol. The van der Waals surface area contributed by atoms with Crippen molar-refractivity contribution in [2.45, 2.75) is 26.2 Å². The first-order valence-electron chi connectivity index (χ1n) is 8.37. The van der Waals surface area contributed by atoms with Gasteiger partial charge in [0.15, 0.2) is 6.61 Å². The molecule has 136 valence electrons. The maximum Gasteiger partial charge on any atom is 0.265 e. The Morgan fingerprint density at radius 2 is 1.88 bits per heavy atom. The van der Waals surface area contributed by atoms with Gasteiger partial charge in [0, 0.05) is 10.2 Å². The van der Waals surface area contributed by atoms with Gasteiger partial charge in [0.25, 0.3) is 5.91 Å². The molecule has 3 rings (SSSR count). The number of ether oxygens (including phenoxy) is 1. The molecule has 0 aromatic heterocycles. The van der Waals surface area contributed by atoms with E-state index in [1.807, 2.05) is 30.3 Å². The fourth-order valence-corrected chi connectivity index (χ4v) is 2.99. The highest BCUT2D eigenvalue weighted by Gasteiger charge is 2.28. The van der Waals surface area contributed by atoms with Gasteiger partial charge in [-0.1, -0.05) is 42.8 Å². The molecule has 2 aromatic rings. The summed E-state index contributed by atoms with van der Waals surface area (Å²) in [5.41, 5.74) is 2.40. The van der Waals surface area contributed by atoms with E-state index in [2.05, 4.69) is 42.0 Å².